The molecule has 0 aliphatic carbocycles. The van der Waals surface area contributed by atoms with E-state index < -0.39 is 17.2 Å². The summed E-state index contributed by atoms with van der Waals surface area (Å²) in [7, 11) is 0. The first-order valence-electron chi connectivity index (χ1n) is 8.93. The van der Waals surface area contributed by atoms with Crippen molar-refractivity contribution in [1.82, 2.24) is 5.43 Å². The van der Waals surface area contributed by atoms with Crippen molar-refractivity contribution in [3.63, 3.8) is 0 Å². The van der Waals surface area contributed by atoms with Gasteiger partial charge in [0.1, 0.15) is 0 Å². The van der Waals surface area contributed by atoms with Crippen LogP contribution in [-0.2, 0) is 16.4 Å². The number of hydrazone groups is 1. The predicted octanol–water partition coefficient (Wildman–Crippen LogP) is 4.73. The van der Waals surface area contributed by atoms with E-state index in [1.807, 2.05) is 32.0 Å². The number of benzene rings is 2. The van der Waals surface area contributed by atoms with Gasteiger partial charge >= 0.3 is 6.18 Å². The summed E-state index contributed by atoms with van der Waals surface area (Å²) >= 11 is 0. The van der Waals surface area contributed by atoms with Crippen LogP contribution in [0.1, 0.15) is 48.9 Å². The summed E-state index contributed by atoms with van der Waals surface area (Å²) < 4.78 is 39.3. The first-order chi connectivity index (χ1) is 13.2. The minimum absolute atomic E-state index is 0.111. The molecule has 4 rings (SSSR count). The Hall–Kier alpha value is -2.96. The van der Waals surface area contributed by atoms with Gasteiger partial charge in [0, 0.05) is 18.3 Å². The number of fused-ring (bicyclic) bond motifs is 1. The molecule has 0 unspecified atom stereocenters. The topological polar surface area (TPSA) is 53.8 Å². The lowest BCUT2D eigenvalue weighted by molar-refractivity contribution is -0.137. The van der Waals surface area contributed by atoms with Crippen molar-refractivity contribution in [3.05, 3.63) is 64.7 Å². The zero-order valence-electron chi connectivity index (χ0n) is 15.4. The Morgan fingerprint density at radius 1 is 1.04 bits per heavy atom. The van der Waals surface area contributed by atoms with Gasteiger partial charge in [-0.15, -0.1) is 0 Å². The second-order valence-corrected chi connectivity index (χ2v) is 7.49. The lowest BCUT2D eigenvalue weighted by Crippen LogP contribution is -2.28. The molecule has 0 saturated carbocycles. The van der Waals surface area contributed by atoms with E-state index >= 15 is 0 Å². The second-order valence-electron chi connectivity index (χ2n) is 7.49. The van der Waals surface area contributed by atoms with Crippen LogP contribution in [0.3, 0.4) is 0 Å². The molecule has 0 atom stereocenters. The monoisotopic (exact) mass is 385 g/mol. The zero-order chi connectivity index (χ0) is 20.1. The molecule has 2 aromatic carbocycles. The Balaban J connectivity index is 1.72. The van der Waals surface area contributed by atoms with Crippen LogP contribution < -0.4 is 5.43 Å². The third kappa shape index (κ3) is 3.10. The van der Waals surface area contributed by atoms with Crippen molar-refractivity contribution in [2.75, 3.05) is 0 Å². The summed E-state index contributed by atoms with van der Waals surface area (Å²) in [5, 5.41) is 4.12. The molecule has 144 valence electrons. The van der Waals surface area contributed by atoms with Crippen molar-refractivity contribution in [2.24, 2.45) is 10.1 Å². The number of halogens is 3. The van der Waals surface area contributed by atoms with Crippen LogP contribution in [0.25, 0.3) is 0 Å². The molecule has 0 aromatic heterocycles. The number of carbonyl (C=O) groups excluding carboxylic acids is 1. The Kier molecular flexibility index (Phi) is 4.14. The molecule has 0 saturated heterocycles. The van der Waals surface area contributed by atoms with Crippen LogP contribution in [0, 0.1) is 0 Å². The Morgan fingerprint density at radius 3 is 2.50 bits per heavy atom. The molecule has 28 heavy (non-hydrogen) atoms. The molecule has 0 fully saturated rings. The lowest BCUT2D eigenvalue weighted by atomic mass is 9.78. The first-order valence-corrected chi connectivity index (χ1v) is 8.93. The summed E-state index contributed by atoms with van der Waals surface area (Å²) in [6, 6.07) is 11.0. The van der Waals surface area contributed by atoms with Crippen LogP contribution in [0.5, 0.6) is 0 Å². The highest BCUT2D eigenvalue weighted by Crippen LogP contribution is 2.43. The number of nitrogens with zero attached hydrogens (tertiary/aromatic N) is 2. The van der Waals surface area contributed by atoms with Crippen LogP contribution in [-0.4, -0.2) is 17.3 Å². The van der Waals surface area contributed by atoms with E-state index in [0.717, 1.165) is 34.7 Å². The number of hydrogen-bond acceptors (Lipinski definition) is 3. The molecule has 2 aromatic rings. The van der Waals surface area contributed by atoms with Crippen molar-refractivity contribution < 1.29 is 18.0 Å². The fraction of sp³-hybridized carbons (Fsp3) is 0.286. The van der Waals surface area contributed by atoms with E-state index in [9.17, 15) is 18.0 Å². The predicted molar refractivity (Wildman–Crippen MR) is 101 cm³/mol. The van der Waals surface area contributed by atoms with Crippen molar-refractivity contribution in [2.45, 2.75) is 38.3 Å². The smallest absolute Gasteiger partial charge is 0.273 e. The first kappa shape index (κ1) is 18.4. The molecule has 0 spiro atoms. The molecule has 2 aliphatic heterocycles. The highest BCUT2D eigenvalue weighted by molar-refractivity contribution is 6.13. The van der Waals surface area contributed by atoms with E-state index in [-0.39, 0.29) is 5.91 Å². The molecule has 2 aliphatic rings. The summed E-state index contributed by atoms with van der Waals surface area (Å²) in [6.07, 6.45) is -3.47. The summed E-state index contributed by atoms with van der Waals surface area (Å²) in [4.78, 5) is 15.9. The minimum Gasteiger partial charge on any atom is -0.273 e. The van der Waals surface area contributed by atoms with Gasteiger partial charge in [0.25, 0.3) is 0 Å². The van der Waals surface area contributed by atoms with Gasteiger partial charge in [0.05, 0.1) is 22.7 Å². The van der Waals surface area contributed by atoms with Gasteiger partial charge < -0.3 is 0 Å². The fourth-order valence-electron chi connectivity index (χ4n) is 3.65. The maximum Gasteiger partial charge on any atom is 0.416 e. The largest absolute Gasteiger partial charge is 0.416 e. The van der Waals surface area contributed by atoms with Crippen LogP contribution >= 0.6 is 0 Å². The Bertz CT molecular complexity index is 1040. The average molecular weight is 385 g/mol. The quantitative estimate of drug-likeness (QED) is 0.798. The molecule has 1 amide bonds. The Morgan fingerprint density at radius 2 is 1.82 bits per heavy atom. The molecular weight excluding hydrogens is 367 g/mol. The standard InChI is InChI=1S/C21H18F3N3O/c1-20(2)15-11-12(16-8-9-18(28)27-26-16)6-7-17(15)25-19(20)13-4-3-5-14(10-13)21(22,23)24/h3-7,10-11H,8-9H2,1-2H3,(H,27,28). The van der Waals surface area contributed by atoms with Gasteiger partial charge in [0.15, 0.2) is 0 Å². The molecule has 2 heterocycles. The van der Waals surface area contributed by atoms with Gasteiger partial charge in [-0.2, -0.15) is 18.3 Å². The number of nitrogens with one attached hydrogen (secondary N) is 1. The summed E-state index contributed by atoms with van der Waals surface area (Å²) in [5.74, 6) is -0.111. The second kappa shape index (κ2) is 6.29. The molecule has 1 N–H and O–H groups in total. The highest BCUT2D eigenvalue weighted by atomic mass is 19.4. The Labute approximate surface area is 160 Å². The molecular formula is C21H18F3N3O. The third-order valence-electron chi connectivity index (χ3n) is 5.20. The molecule has 0 radical (unpaired) electrons. The zero-order valence-corrected chi connectivity index (χ0v) is 15.4. The van der Waals surface area contributed by atoms with E-state index in [1.54, 1.807) is 6.07 Å². The molecule has 7 heteroatoms. The molecule has 0 bridgehead atoms. The van der Waals surface area contributed by atoms with E-state index in [2.05, 4.69) is 15.5 Å². The van der Waals surface area contributed by atoms with E-state index in [0.29, 0.717) is 24.1 Å². The van der Waals surface area contributed by atoms with Gasteiger partial charge in [-0.25, -0.2) is 5.43 Å². The van der Waals surface area contributed by atoms with Crippen LogP contribution in [0.4, 0.5) is 18.9 Å². The number of aliphatic imine (C=N–C) groups is 1. The number of rotatable bonds is 2. The SMILES string of the molecule is CC1(C)C(c2cccc(C(F)(F)F)c2)=Nc2ccc(C3=NNC(=O)CC3)cc21. The van der Waals surface area contributed by atoms with Crippen molar-refractivity contribution >= 4 is 23.0 Å². The van der Waals surface area contributed by atoms with Crippen molar-refractivity contribution in [1.29, 1.82) is 0 Å². The van der Waals surface area contributed by atoms with Crippen molar-refractivity contribution in [3.8, 4) is 0 Å². The minimum atomic E-state index is -4.40. The summed E-state index contributed by atoms with van der Waals surface area (Å²) in [5.41, 5.74) is 5.63. The van der Waals surface area contributed by atoms with Gasteiger partial charge in [0.2, 0.25) is 5.91 Å². The van der Waals surface area contributed by atoms with E-state index in [4.69, 9.17) is 0 Å². The highest BCUT2D eigenvalue weighted by Gasteiger charge is 2.38. The van der Waals surface area contributed by atoms with Crippen LogP contribution in [0.2, 0.25) is 0 Å². The average Bonchev–Trinajstić information content (AvgIpc) is 2.92. The number of alkyl halides is 3. The summed E-state index contributed by atoms with van der Waals surface area (Å²) in [6.45, 7) is 3.90. The molecule has 4 nitrogen and oxygen atoms in total. The number of carbonyl (C=O) groups is 1. The number of hydrogen-bond donors (Lipinski definition) is 1. The van der Waals surface area contributed by atoms with Gasteiger partial charge in [-0.05, 0) is 41.0 Å². The van der Waals surface area contributed by atoms with E-state index in [1.165, 1.54) is 6.07 Å². The normalized spacial score (nSPS) is 18.2. The number of amides is 1. The third-order valence-corrected chi connectivity index (χ3v) is 5.20. The lowest BCUT2D eigenvalue weighted by Gasteiger charge is -2.24. The maximum absolute atomic E-state index is 13.1. The van der Waals surface area contributed by atoms with Crippen LogP contribution in [0.15, 0.2) is 52.6 Å². The van der Waals surface area contributed by atoms with Gasteiger partial charge in [-0.1, -0.05) is 32.0 Å². The fourth-order valence-corrected chi connectivity index (χ4v) is 3.65. The maximum atomic E-state index is 13.1. The van der Waals surface area contributed by atoms with Gasteiger partial charge in [-0.3, -0.25) is 9.79 Å².